The van der Waals surface area contributed by atoms with Gasteiger partial charge in [0.1, 0.15) is 0 Å². The zero-order valence-electron chi connectivity index (χ0n) is 11.8. The van der Waals surface area contributed by atoms with Gasteiger partial charge in [-0.05, 0) is 54.2 Å². The van der Waals surface area contributed by atoms with Crippen molar-refractivity contribution in [2.45, 2.75) is 0 Å². The number of carbonyl (C=O) groups is 1. The first kappa shape index (κ1) is 17.5. The van der Waals surface area contributed by atoms with E-state index < -0.39 is 0 Å². The fourth-order valence-corrected chi connectivity index (χ4v) is 2.34. The van der Waals surface area contributed by atoms with Crippen LogP contribution in [0.3, 0.4) is 0 Å². The summed E-state index contributed by atoms with van der Waals surface area (Å²) in [6, 6.07) is 14.7. The smallest absolute Gasteiger partial charge is 0.262 e. The third-order valence-corrected chi connectivity index (χ3v) is 3.90. The van der Waals surface area contributed by atoms with Crippen molar-refractivity contribution in [1.29, 1.82) is 0 Å². The Kier molecular flexibility index (Phi) is 6.58. The van der Waals surface area contributed by atoms with E-state index in [2.05, 4.69) is 32.1 Å². The van der Waals surface area contributed by atoms with Crippen molar-refractivity contribution >= 4 is 62.5 Å². The van der Waals surface area contributed by atoms with Crippen LogP contribution in [0.15, 0.2) is 59.1 Å². The SMILES string of the molecule is O=C(/C=C/c1ccccc1Br)NNC(=S)Nc1ccc(Cl)cc1. The number of carbonyl (C=O) groups excluding carboxylic acids is 1. The van der Waals surface area contributed by atoms with Crippen molar-refractivity contribution in [3.05, 3.63) is 69.7 Å². The molecule has 0 fully saturated rings. The summed E-state index contributed by atoms with van der Waals surface area (Å²) in [7, 11) is 0. The van der Waals surface area contributed by atoms with Gasteiger partial charge in [-0.3, -0.25) is 15.6 Å². The number of hydrogen-bond acceptors (Lipinski definition) is 2. The van der Waals surface area contributed by atoms with Crippen molar-refractivity contribution in [3.63, 3.8) is 0 Å². The molecule has 2 aromatic carbocycles. The van der Waals surface area contributed by atoms with Crippen LogP contribution in [0.1, 0.15) is 5.56 Å². The maximum atomic E-state index is 11.7. The van der Waals surface area contributed by atoms with Gasteiger partial charge in [0, 0.05) is 21.3 Å². The van der Waals surface area contributed by atoms with Crippen molar-refractivity contribution in [3.8, 4) is 0 Å². The second kappa shape index (κ2) is 8.67. The Morgan fingerprint density at radius 3 is 2.48 bits per heavy atom. The number of halogens is 2. The van der Waals surface area contributed by atoms with Gasteiger partial charge in [-0.25, -0.2) is 0 Å². The van der Waals surface area contributed by atoms with Crippen molar-refractivity contribution in [1.82, 2.24) is 10.9 Å². The summed E-state index contributed by atoms with van der Waals surface area (Å²) >= 11 is 14.3. The quantitative estimate of drug-likeness (QED) is 0.404. The molecule has 0 spiro atoms. The Morgan fingerprint density at radius 1 is 1.09 bits per heavy atom. The van der Waals surface area contributed by atoms with Gasteiger partial charge >= 0.3 is 0 Å². The van der Waals surface area contributed by atoms with E-state index in [-0.39, 0.29) is 11.0 Å². The number of hydrazine groups is 1. The van der Waals surface area contributed by atoms with Crippen LogP contribution in [0, 0.1) is 0 Å². The molecule has 118 valence electrons. The Labute approximate surface area is 153 Å². The molecule has 0 aliphatic rings. The maximum absolute atomic E-state index is 11.7. The highest BCUT2D eigenvalue weighted by molar-refractivity contribution is 9.10. The van der Waals surface area contributed by atoms with Crippen LogP contribution < -0.4 is 16.2 Å². The molecule has 4 nitrogen and oxygen atoms in total. The molecule has 3 N–H and O–H groups in total. The number of nitrogens with one attached hydrogen (secondary N) is 3. The van der Waals surface area contributed by atoms with E-state index in [1.54, 1.807) is 30.3 Å². The van der Waals surface area contributed by atoms with Crippen LogP contribution >= 0.6 is 39.7 Å². The van der Waals surface area contributed by atoms with Gasteiger partial charge in [0.15, 0.2) is 5.11 Å². The maximum Gasteiger partial charge on any atom is 0.262 e. The standard InChI is InChI=1S/C16H13BrClN3OS/c17-14-4-2-1-3-11(14)5-10-15(22)20-21-16(23)19-13-8-6-12(18)7-9-13/h1-10H,(H,20,22)(H2,19,21,23)/b10-5+. The fraction of sp³-hybridized carbons (Fsp3) is 0. The lowest BCUT2D eigenvalue weighted by Gasteiger charge is -2.10. The van der Waals surface area contributed by atoms with Gasteiger partial charge in [-0.15, -0.1) is 0 Å². The monoisotopic (exact) mass is 409 g/mol. The third kappa shape index (κ3) is 6.02. The fourth-order valence-electron chi connectivity index (χ4n) is 1.63. The summed E-state index contributed by atoms with van der Waals surface area (Å²) in [6.07, 6.45) is 3.12. The molecule has 2 aromatic rings. The molecule has 0 atom stereocenters. The number of rotatable bonds is 3. The number of amides is 1. The Morgan fingerprint density at radius 2 is 1.78 bits per heavy atom. The normalized spacial score (nSPS) is 10.3. The highest BCUT2D eigenvalue weighted by atomic mass is 79.9. The summed E-state index contributed by atoms with van der Waals surface area (Å²) in [4.78, 5) is 11.7. The largest absolute Gasteiger partial charge is 0.331 e. The highest BCUT2D eigenvalue weighted by Crippen LogP contribution is 2.17. The first-order valence-corrected chi connectivity index (χ1v) is 8.17. The van der Waals surface area contributed by atoms with Crippen molar-refractivity contribution < 1.29 is 4.79 Å². The van der Waals surface area contributed by atoms with Gasteiger partial charge in [0.25, 0.3) is 5.91 Å². The minimum Gasteiger partial charge on any atom is -0.331 e. The molecule has 0 aliphatic carbocycles. The molecule has 0 saturated heterocycles. The second-order valence-electron chi connectivity index (χ2n) is 4.43. The third-order valence-electron chi connectivity index (χ3n) is 2.72. The molecule has 0 aliphatic heterocycles. The highest BCUT2D eigenvalue weighted by Gasteiger charge is 2.00. The van der Waals surface area contributed by atoms with E-state index >= 15 is 0 Å². The molecule has 0 heterocycles. The molecule has 0 saturated carbocycles. The molecule has 2 rings (SSSR count). The van der Waals surface area contributed by atoms with E-state index in [4.69, 9.17) is 23.8 Å². The van der Waals surface area contributed by atoms with Crippen LogP contribution in [-0.2, 0) is 4.79 Å². The second-order valence-corrected chi connectivity index (χ2v) is 6.13. The Bertz CT molecular complexity index is 734. The number of thiocarbonyl (C=S) groups is 1. The van der Waals surface area contributed by atoms with Gasteiger partial charge in [0.2, 0.25) is 0 Å². The first-order valence-electron chi connectivity index (χ1n) is 6.60. The van der Waals surface area contributed by atoms with Gasteiger partial charge in [0.05, 0.1) is 0 Å². The summed E-state index contributed by atoms with van der Waals surface area (Å²) < 4.78 is 0.914. The van der Waals surface area contributed by atoms with Crippen LogP contribution in [0.25, 0.3) is 6.08 Å². The Balaban J connectivity index is 1.81. The van der Waals surface area contributed by atoms with Gasteiger partial charge in [-0.1, -0.05) is 45.7 Å². The molecule has 0 aromatic heterocycles. The van der Waals surface area contributed by atoms with Gasteiger partial charge in [-0.2, -0.15) is 0 Å². The predicted octanol–water partition coefficient (Wildman–Crippen LogP) is 4.13. The average Bonchev–Trinajstić information content (AvgIpc) is 2.54. The molecule has 7 heteroatoms. The van der Waals surface area contributed by atoms with E-state index in [9.17, 15) is 4.79 Å². The van der Waals surface area contributed by atoms with E-state index in [1.807, 2.05) is 24.3 Å². The van der Waals surface area contributed by atoms with Crippen LogP contribution in [0.5, 0.6) is 0 Å². The summed E-state index contributed by atoms with van der Waals surface area (Å²) in [6.45, 7) is 0. The zero-order chi connectivity index (χ0) is 16.7. The lowest BCUT2D eigenvalue weighted by molar-refractivity contribution is -0.116. The number of anilines is 1. The molecule has 0 bridgehead atoms. The van der Waals surface area contributed by atoms with Crippen molar-refractivity contribution in [2.75, 3.05) is 5.32 Å². The topological polar surface area (TPSA) is 53.2 Å². The lowest BCUT2D eigenvalue weighted by atomic mass is 10.2. The summed E-state index contributed by atoms with van der Waals surface area (Å²) in [5.41, 5.74) is 6.78. The van der Waals surface area contributed by atoms with E-state index in [0.29, 0.717) is 5.02 Å². The van der Waals surface area contributed by atoms with Crippen LogP contribution in [0.2, 0.25) is 5.02 Å². The van der Waals surface area contributed by atoms with E-state index in [0.717, 1.165) is 15.7 Å². The minimum atomic E-state index is -0.319. The molecule has 0 unspecified atom stereocenters. The number of hydrogen-bond donors (Lipinski definition) is 3. The van der Waals surface area contributed by atoms with Gasteiger partial charge < -0.3 is 5.32 Å². The summed E-state index contributed by atoms with van der Waals surface area (Å²) in [5.74, 6) is -0.319. The Hall–Kier alpha value is -1.89. The molecule has 23 heavy (non-hydrogen) atoms. The molecule has 0 radical (unpaired) electrons. The zero-order valence-corrected chi connectivity index (χ0v) is 15.0. The minimum absolute atomic E-state index is 0.273. The molecular formula is C16H13BrClN3OS. The van der Waals surface area contributed by atoms with Crippen molar-refractivity contribution in [2.24, 2.45) is 0 Å². The van der Waals surface area contributed by atoms with Crippen LogP contribution in [-0.4, -0.2) is 11.0 Å². The predicted molar refractivity (Wildman–Crippen MR) is 102 cm³/mol. The lowest BCUT2D eigenvalue weighted by Crippen LogP contribution is -2.43. The number of benzene rings is 2. The molecular weight excluding hydrogens is 398 g/mol. The summed E-state index contributed by atoms with van der Waals surface area (Å²) in [5, 5.41) is 3.83. The first-order chi connectivity index (χ1) is 11.0. The van der Waals surface area contributed by atoms with E-state index in [1.165, 1.54) is 6.08 Å². The molecule has 1 amide bonds. The van der Waals surface area contributed by atoms with Crippen LogP contribution in [0.4, 0.5) is 5.69 Å². The average molecular weight is 411 g/mol.